The van der Waals surface area contributed by atoms with Crippen molar-refractivity contribution in [2.24, 2.45) is 0 Å². The summed E-state index contributed by atoms with van der Waals surface area (Å²) in [6.07, 6.45) is 2.92. The van der Waals surface area contributed by atoms with E-state index in [4.69, 9.17) is 4.74 Å². The average molecular weight is 249 g/mol. The molecule has 2 rings (SSSR count). The molecule has 0 bridgehead atoms. The van der Waals surface area contributed by atoms with Gasteiger partial charge in [0.1, 0.15) is 0 Å². The zero-order valence-corrected chi connectivity index (χ0v) is 10.6. The third kappa shape index (κ3) is 3.61. The van der Waals surface area contributed by atoms with Gasteiger partial charge in [-0.3, -0.25) is 4.79 Å². The SMILES string of the molecule is C[C@H]1CN(C(=O)CC2CCCO2)CCN1.Cl. The summed E-state index contributed by atoms with van der Waals surface area (Å²) in [5.74, 6) is 0.259. The fraction of sp³-hybridized carbons (Fsp3) is 0.909. The van der Waals surface area contributed by atoms with E-state index < -0.39 is 0 Å². The molecule has 2 heterocycles. The molecule has 2 atom stereocenters. The molecule has 1 amide bonds. The number of hydrogen-bond acceptors (Lipinski definition) is 3. The Hall–Kier alpha value is -0.320. The van der Waals surface area contributed by atoms with Crippen molar-refractivity contribution in [1.29, 1.82) is 0 Å². The summed E-state index contributed by atoms with van der Waals surface area (Å²) in [6, 6.07) is 0.423. The normalized spacial score (nSPS) is 29.9. The van der Waals surface area contributed by atoms with E-state index in [1.54, 1.807) is 0 Å². The van der Waals surface area contributed by atoms with Crippen LogP contribution >= 0.6 is 12.4 Å². The maximum atomic E-state index is 11.9. The predicted molar refractivity (Wildman–Crippen MR) is 64.9 cm³/mol. The Morgan fingerprint density at radius 2 is 2.38 bits per heavy atom. The lowest BCUT2D eigenvalue weighted by Gasteiger charge is -2.32. The number of carbonyl (C=O) groups excluding carboxylic acids is 1. The van der Waals surface area contributed by atoms with Gasteiger partial charge in [-0.05, 0) is 19.8 Å². The minimum absolute atomic E-state index is 0. The van der Waals surface area contributed by atoms with Gasteiger partial charge < -0.3 is 15.0 Å². The smallest absolute Gasteiger partial charge is 0.225 e. The van der Waals surface area contributed by atoms with E-state index in [-0.39, 0.29) is 24.4 Å². The van der Waals surface area contributed by atoms with Crippen molar-refractivity contribution in [1.82, 2.24) is 10.2 Å². The predicted octanol–water partition coefficient (Wildman–Crippen LogP) is 0.798. The quantitative estimate of drug-likeness (QED) is 0.786. The zero-order chi connectivity index (χ0) is 10.7. The van der Waals surface area contributed by atoms with Crippen LogP contribution in [0, 0.1) is 0 Å². The first kappa shape index (κ1) is 13.7. The fourth-order valence-corrected chi connectivity index (χ4v) is 2.29. The van der Waals surface area contributed by atoms with Crippen molar-refractivity contribution in [3.63, 3.8) is 0 Å². The molecule has 0 spiro atoms. The molecule has 94 valence electrons. The molecule has 16 heavy (non-hydrogen) atoms. The van der Waals surface area contributed by atoms with Crippen LogP contribution in [0.2, 0.25) is 0 Å². The van der Waals surface area contributed by atoms with Crippen LogP contribution in [0.25, 0.3) is 0 Å². The molecular formula is C11H21ClN2O2. The molecule has 0 aromatic carbocycles. The van der Waals surface area contributed by atoms with Crippen molar-refractivity contribution < 1.29 is 9.53 Å². The number of hydrogen-bond donors (Lipinski definition) is 1. The van der Waals surface area contributed by atoms with Gasteiger partial charge in [0, 0.05) is 32.3 Å². The Kier molecular flexibility index (Phi) is 5.52. The maximum Gasteiger partial charge on any atom is 0.225 e. The van der Waals surface area contributed by atoms with Gasteiger partial charge in [0.25, 0.3) is 0 Å². The molecular weight excluding hydrogens is 228 g/mol. The number of amides is 1. The Labute approximate surface area is 103 Å². The van der Waals surface area contributed by atoms with E-state index >= 15 is 0 Å². The molecule has 0 aromatic rings. The van der Waals surface area contributed by atoms with Crippen molar-refractivity contribution in [3.05, 3.63) is 0 Å². The largest absolute Gasteiger partial charge is 0.378 e. The lowest BCUT2D eigenvalue weighted by molar-refractivity contribution is -0.134. The van der Waals surface area contributed by atoms with Crippen LogP contribution in [0.4, 0.5) is 0 Å². The Morgan fingerprint density at radius 3 is 3.00 bits per heavy atom. The molecule has 4 nitrogen and oxygen atoms in total. The zero-order valence-electron chi connectivity index (χ0n) is 9.78. The van der Waals surface area contributed by atoms with Crippen LogP contribution in [-0.4, -0.2) is 49.2 Å². The summed E-state index contributed by atoms with van der Waals surface area (Å²) in [4.78, 5) is 13.9. The van der Waals surface area contributed by atoms with Crippen LogP contribution in [0.1, 0.15) is 26.2 Å². The highest BCUT2D eigenvalue weighted by atomic mass is 35.5. The summed E-state index contributed by atoms with van der Waals surface area (Å²) in [5.41, 5.74) is 0. The van der Waals surface area contributed by atoms with Gasteiger partial charge in [-0.15, -0.1) is 12.4 Å². The summed E-state index contributed by atoms with van der Waals surface area (Å²) in [6.45, 7) is 5.54. The third-order valence-corrected chi connectivity index (χ3v) is 3.15. The van der Waals surface area contributed by atoms with Crippen molar-refractivity contribution >= 4 is 18.3 Å². The Morgan fingerprint density at radius 1 is 1.56 bits per heavy atom. The highest BCUT2D eigenvalue weighted by Crippen LogP contribution is 2.16. The van der Waals surface area contributed by atoms with E-state index in [1.165, 1.54) is 0 Å². The van der Waals surface area contributed by atoms with E-state index in [9.17, 15) is 4.79 Å². The van der Waals surface area contributed by atoms with Crippen LogP contribution in [0.5, 0.6) is 0 Å². The van der Waals surface area contributed by atoms with Gasteiger partial charge in [0.15, 0.2) is 0 Å². The minimum Gasteiger partial charge on any atom is -0.378 e. The molecule has 1 N–H and O–H groups in total. The number of halogens is 1. The molecule has 0 aliphatic carbocycles. The van der Waals surface area contributed by atoms with E-state index in [2.05, 4.69) is 12.2 Å². The maximum absolute atomic E-state index is 11.9. The van der Waals surface area contributed by atoms with Gasteiger partial charge >= 0.3 is 0 Å². The molecule has 0 saturated carbocycles. The third-order valence-electron chi connectivity index (χ3n) is 3.15. The molecule has 1 unspecified atom stereocenters. The number of ether oxygens (including phenoxy) is 1. The summed E-state index contributed by atoms with van der Waals surface area (Å²) >= 11 is 0. The molecule has 2 aliphatic heterocycles. The fourth-order valence-electron chi connectivity index (χ4n) is 2.29. The van der Waals surface area contributed by atoms with Gasteiger partial charge in [-0.25, -0.2) is 0 Å². The van der Waals surface area contributed by atoms with E-state index in [0.29, 0.717) is 12.5 Å². The second-order valence-electron chi connectivity index (χ2n) is 4.53. The minimum atomic E-state index is 0. The molecule has 2 saturated heterocycles. The highest BCUT2D eigenvalue weighted by Gasteiger charge is 2.25. The van der Waals surface area contributed by atoms with Gasteiger partial charge in [-0.2, -0.15) is 0 Å². The Bertz CT molecular complexity index is 232. The van der Waals surface area contributed by atoms with Crippen LogP contribution in [0.3, 0.4) is 0 Å². The average Bonchev–Trinajstić information content (AvgIpc) is 2.70. The number of nitrogens with zero attached hydrogens (tertiary/aromatic N) is 1. The molecule has 5 heteroatoms. The van der Waals surface area contributed by atoms with Gasteiger partial charge in [0.2, 0.25) is 5.91 Å². The standard InChI is InChI=1S/C11H20N2O2.ClH/c1-9-8-13(5-4-12-9)11(14)7-10-3-2-6-15-10;/h9-10,12H,2-8H2,1H3;1H/t9-,10?;/m0./s1. The first-order valence-corrected chi connectivity index (χ1v) is 5.88. The van der Waals surface area contributed by atoms with Crippen LogP contribution in [0.15, 0.2) is 0 Å². The first-order chi connectivity index (χ1) is 7.25. The van der Waals surface area contributed by atoms with Crippen molar-refractivity contribution in [2.45, 2.75) is 38.3 Å². The monoisotopic (exact) mass is 248 g/mol. The van der Waals surface area contributed by atoms with Gasteiger partial charge in [0.05, 0.1) is 12.5 Å². The number of piperazine rings is 1. The number of carbonyl (C=O) groups is 1. The lowest BCUT2D eigenvalue weighted by atomic mass is 10.1. The topological polar surface area (TPSA) is 41.6 Å². The van der Waals surface area contributed by atoms with E-state index in [0.717, 1.165) is 39.1 Å². The van der Waals surface area contributed by atoms with Crippen LogP contribution in [-0.2, 0) is 9.53 Å². The molecule has 2 aliphatic rings. The second-order valence-corrected chi connectivity index (χ2v) is 4.53. The molecule has 0 radical (unpaired) electrons. The highest BCUT2D eigenvalue weighted by molar-refractivity contribution is 5.85. The summed E-state index contributed by atoms with van der Waals surface area (Å²) in [7, 11) is 0. The number of nitrogens with one attached hydrogen (secondary N) is 1. The van der Waals surface area contributed by atoms with Crippen LogP contribution < -0.4 is 5.32 Å². The number of rotatable bonds is 2. The van der Waals surface area contributed by atoms with Crippen molar-refractivity contribution in [2.75, 3.05) is 26.2 Å². The summed E-state index contributed by atoms with van der Waals surface area (Å²) < 4.78 is 5.48. The van der Waals surface area contributed by atoms with Gasteiger partial charge in [-0.1, -0.05) is 0 Å². The van der Waals surface area contributed by atoms with E-state index in [1.807, 2.05) is 4.90 Å². The molecule has 2 fully saturated rings. The second kappa shape index (κ2) is 6.42. The first-order valence-electron chi connectivity index (χ1n) is 5.88. The Balaban J connectivity index is 0.00000128. The summed E-state index contributed by atoms with van der Waals surface area (Å²) in [5, 5.41) is 3.34. The lowest BCUT2D eigenvalue weighted by Crippen LogP contribution is -2.51. The molecule has 0 aromatic heterocycles. The van der Waals surface area contributed by atoms with Crippen molar-refractivity contribution in [3.8, 4) is 0 Å².